The first-order valence-electron chi connectivity index (χ1n) is 8.59. The van der Waals surface area contributed by atoms with Crippen LogP contribution in [0.25, 0.3) is 0 Å². The van der Waals surface area contributed by atoms with Gasteiger partial charge in [-0.25, -0.2) is 4.68 Å². The molecule has 0 unspecified atom stereocenters. The lowest BCUT2D eigenvalue weighted by Gasteiger charge is -2.10. The van der Waals surface area contributed by atoms with Crippen molar-refractivity contribution in [3.63, 3.8) is 0 Å². The number of hydrogen-bond acceptors (Lipinski definition) is 4. The third kappa shape index (κ3) is 4.26. The lowest BCUT2D eigenvalue weighted by Crippen LogP contribution is -2.34. The number of rotatable bonds is 6. The lowest BCUT2D eigenvalue weighted by atomic mass is 10.1. The maximum atomic E-state index is 12.0. The van der Waals surface area contributed by atoms with Gasteiger partial charge in [-0.3, -0.25) is 9.59 Å². The van der Waals surface area contributed by atoms with E-state index >= 15 is 0 Å². The van der Waals surface area contributed by atoms with Gasteiger partial charge in [0.15, 0.2) is 6.61 Å². The number of fused-ring (bicyclic) bond motifs is 1. The van der Waals surface area contributed by atoms with Crippen LogP contribution in [0.3, 0.4) is 0 Å². The first-order valence-corrected chi connectivity index (χ1v) is 8.59. The van der Waals surface area contributed by atoms with E-state index in [4.69, 9.17) is 4.74 Å². The molecule has 1 N–H and O–H groups in total. The SMILES string of the molecule is Cc1ccc(OCC(=O)NCCn2nc3c(cc2=O)CCC3)cc1C. The van der Waals surface area contributed by atoms with E-state index in [1.807, 2.05) is 32.0 Å². The Hall–Kier alpha value is -2.63. The summed E-state index contributed by atoms with van der Waals surface area (Å²) in [5.41, 5.74) is 4.27. The fourth-order valence-corrected chi connectivity index (χ4v) is 2.90. The van der Waals surface area contributed by atoms with E-state index in [-0.39, 0.29) is 18.1 Å². The first-order chi connectivity index (χ1) is 12.0. The molecule has 1 heterocycles. The molecule has 0 aliphatic heterocycles. The molecule has 25 heavy (non-hydrogen) atoms. The monoisotopic (exact) mass is 341 g/mol. The number of ether oxygens (including phenoxy) is 1. The summed E-state index contributed by atoms with van der Waals surface area (Å²) in [6.45, 7) is 4.70. The Balaban J connectivity index is 1.46. The molecule has 1 aromatic carbocycles. The molecule has 3 rings (SSSR count). The van der Waals surface area contributed by atoms with E-state index in [2.05, 4.69) is 10.4 Å². The van der Waals surface area contributed by atoms with Gasteiger partial charge in [0.1, 0.15) is 5.75 Å². The average molecular weight is 341 g/mol. The molecule has 0 bridgehead atoms. The lowest BCUT2D eigenvalue weighted by molar-refractivity contribution is -0.123. The minimum Gasteiger partial charge on any atom is -0.484 e. The maximum Gasteiger partial charge on any atom is 0.267 e. The number of aryl methyl sites for hydroxylation is 4. The fourth-order valence-electron chi connectivity index (χ4n) is 2.90. The second kappa shape index (κ2) is 7.51. The number of aromatic nitrogens is 2. The third-order valence-corrected chi connectivity index (χ3v) is 4.52. The molecule has 0 atom stereocenters. The molecule has 0 radical (unpaired) electrons. The van der Waals surface area contributed by atoms with Crippen LogP contribution in [0.5, 0.6) is 5.75 Å². The number of nitrogens with zero attached hydrogens (tertiary/aromatic N) is 2. The molecule has 132 valence electrons. The van der Waals surface area contributed by atoms with E-state index in [9.17, 15) is 9.59 Å². The highest BCUT2D eigenvalue weighted by molar-refractivity contribution is 5.77. The molecule has 1 aliphatic carbocycles. The van der Waals surface area contributed by atoms with E-state index < -0.39 is 0 Å². The Morgan fingerprint density at radius 2 is 2.08 bits per heavy atom. The molecule has 1 aromatic heterocycles. The van der Waals surface area contributed by atoms with E-state index in [0.717, 1.165) is 36.1 Å². The molecule has 2 aromatic rings. The zero-order valence-electron chi connectivity index (χ0n) is 14.7. The van der Waals surface area contributed by atoms with Gasteiger partial charge in [0.2, 0.25) is 0 Å². The van der Waals surface area contributed by atoms with Crippen molar-refractivity contribution in [2.24, 2.45) is 0 Å². The van der Waals surface area contributed by atoms with Crippen molar-refractivity contribution in [2.45, 2.75) is 39.7 Å². The Morgan fingerprint density at radius 3 is 2.88 bits per heavy atom. The highest BCUT2D eigenvalue weighted by Gasteiger charge is 2.14. The number of carbonyl (C=O) groups is 1. The van der Waals surface area contributed by atoms with Gasteiger partial charge in [-0.05, 0) is 61.9 Å². The average Bonchev–Trinajstić information content (AvgIpc) is 3.03. The molecule has 1 aliphatic rings. The Kier molecular flexibility index (Phi) is 5.16. The highest BCUT2D eigenvalue weighted by Crippen LogP contribution is 2.17. The second-order valence-electron chi connectivity index (χ2n) is 6.42. The van der Waals surface area contributed by atoms with Crippen LogP contribution in [0.15, 0.2) is 29.1 Å². The third-order valence-electron chi connectivity index (χ3n) is 4.52. The number of benzene rings is 1. The number of hydrogen-bond donors (Lipinski definition) is 1. The van der Waals surface area contributed by atoms with Gasteiger partial charge < -0.3 is 10.1 Å². The van der Waals surface area contributed by atoms with Crippen LogP contribution in [0.4, 0.5) is 0 Å². The standard InChI is InChI=1S/C19H23N3O3/c1-13-6-7-16(10-14(13)2)25-12-18(23)20-8-9-22-19(24)11-15-4-3-5-17(15)21-22/h6-7,10-11H,3-5,8-9,12H2,1-2H3,(H,20,23). The van der Waals surface area contributed by atoms with Crippen molar-refractivity contribution < 1.29 is 9.53 Å². The van der Waals surface area contributed by atoms with Crippen molar-refractivity contribution in [3.8, 4) is 5.75 Å². The van der Waals surface area contributed by atoms with Crippen LogP contribution in [0, 0.1) is 13.8 Å². The normalized spacial score (nSPS) is 12.7. The van der Waals surface area contributed by atoms with Gasteiger partial charge in [-0.1, -0.05) is 6.07 Å². The van der Waals surface area contributed by atoms with Crippen LogP contribution in [0.2, 0.25) is 0 Å². The Morgan fingerprint density at radius 1 is 1.24 bits per heavy atom. The number of carbonyl (C=O) groups excluding carboxylic acids is 1. The first kappa shape index (κ1) is 17.2. The van der Waals surface area contributed by atoms with Gasteiger partial charge in [0.05, 0.1) is 12.2 Å². The topological polar surface area (TPSA) is 73.2 Å². The summed E-state index contributed by atoms with van der Waals surface area (Å²) in [6, 6.07) is 7.40. The molecule has 0 fully saturated rings. The molecule has 0 spiro atoms. The van der Waals surface area contributed by atoms with Crippen LogP contribution in [-0.2, 0) is 24.2 Å². The Labute approximate surface area is 146 Å². The quantitative estimate of drug-likeness (QED) is 0.865. The number of amides is 1. The summed E-state index contributed by atoms with van der Waals surface area (Å²) in [6.07, 6.45) is 2.91. The zero-order valence-corrected chi connectivity index (χ0v) is 14.7. The summed E-state index contributed by atoms with van der Waals surface area (Å²) in [7, 11) is 0. The summed E-state index contributed by atoms with van der Waals surface area (Å²) >= 11 is 0. The van der Waals surface area contributed by atoms with E-state index in [1.165, 1.54) is 10.2 Å². The zero-order chi connectivity index (χ0) is 17.8. The van der Waals surface area contributed by atoms with E-state index in [1.54, 1.807) is 6.07 Å². The minimum atomic E-state index is -0.215. The molecule has 0 saturated carbocycles. The van der Waals surface area contributed by atoms with Gasteiger partial charge in [-0.2, -0.15) is 5.10 Å². The maximum absolute atomic E-state index is 12.0. The smallest absolute Gasteiger partial charge is 0.267 e. The second-order valence-corrected chi connectivity index (χ2v) is 6.42. The highest BCUT2D eigenvalue weighted by atomic mass is 16.5. The van der Waals surface area contributed by atoms with Gasteiger partial charge in [0, 0.05) is 12.6 Å². The van der Waals surface area contributed by atoms with Gasteiger partial charge >= 0.3 is 0 Å². The summed E-state index contributed by atoms with van der Waals surface area (Å²) in [5, 5.41) is 7.14. The minimum absolute atomic E-state index is 0.0466. The van der Waals surface area contributed by atoms with Crippen LogP contribution >= 0.6 is 0 Å². The fraction of sp³-hybridized carbons (Fsp3) is 0.421. The predicted octanol–water partition coefficient (Wildman–Crippen LogP) is 1.54. The molecular weight excluding hydrogens is 318 g/mol. The Bertz CT molecular complexity index is 842. The molecule has 6 heteroatoms. The van der Waals surface area contributed by atoms with Crippen LogP contribution in [0.1, 0.15) is 28.8 Å². The molecule has 6 nitrogen and oxygen atoms in total. The number of nitrogens with one attached hydrogen (secondary N) is 1. The van der Waals surface area contributed by atoms with Crippen LogP contribution < -0.4 is 15.6 Å². The van der Waals surface area contributed by atoms with Crippen molar-refractivity contribution in [1.82, 2.24) is 15.1 Å². The summed E-state index contributed by atoms with van der Waals surface area (Å²) < 4.78 is 6.92. The van der Waals surface area contributed by atoms with Crippen molar-refractivity contribution in [1.29, 1.82) is 0 Å². The summed E-state index contributed by atoms with van der Waals surface area (Å²) in [5.74, 6) is 0.460. The molecule has 1 amide bonds. The van der Waals surface area contributed by atoms with Crippen molar-refractivity contribution in [2.75, 3.05) is 13.2 Å². The summed E-state index contributed by atoms with van der Waals surface area (Å²) in [4.78, 5) is 23.9. The van der Waals surface area contributed by atoms with Crippen molar-refractivity contribution in [3.05, 3.63) is 57.0 Å². The molecular formula is C19H23N3O3. The molecule has 0 saturated heterocycles. The van der Waals surface area contributed by atoms with Gasteiger partial charge in [-0.15, -0.1) is 0 Å². The largest absolute Gasteiger partial charge is 0.484 e. The van der Waals surface area contributed by atoms with Crippen LogP contribution in [-0.4, -0.2) is 28.8 Å². The van der Waals surface area contributed by atoms with E-state index in [0.29, 0.717) is 18.8 Å². The predicted molar refractivity (Wildman–Crippen MR) is 94.9 cm³/mol. The van der Waals surface area contributed by atoms with Crippen molar-refractivity contribution >= 4 is 5.91 Å². The van der Waals surface area contributed by atoms with Gasteiger partial charge in [0.25, 0.3) is 11.5 Å².